The minimum atomic E-state index is -0.782. The third-order valence-corrected chi connectivity index (χ3v) is 0.192. The summed E-state index contributed by atoms with van der Waals surface area (Å²) in [4.78, 5) is 0. The molecule has 0 aliphatic rings. The molecular weight excluding hydrogens is 48.0 g/mol. The van der Waals surface area contributed by atoms with Crippen LogP contribution in [0.25, 0.3) is 0 Å². The monoisotopic (exact) mass is 58.1 g/mol. The molecule has 0 aliphatic heterocycles. The highest BCUT2D eigenvalue weighted by Crippen LogP contribution is 1.57. The lowest BCUT2D eigenvalue weighted by molar-refractivity contribution is 1.64. The largest absolute Gasteiger partial charge is 0.0919 e. The predicted octanol–water partition coefficient (Wildman–Crippen LogP) is 1.58. The Bertz CT molecular complexity index is 47.5. The van der Waals surface area contributed by atoms with Gasteiger partial charge in [-0.1, -0.05) is 12.2 Å². The molecule has 0 saturated heterocycles. The second kappa shape index (κ2) is 2.74. The lowest BCUT2D eigenvalue weighted by Crippen LogP contribution is -1.26. The van der Waals surface area contributed by atoms with Crippen molar-refractivity contribution in [3.05, 3.63) is 12.2 Å². The SMILES string of the molecule is [2H]C([2H])C=CC. The van der Waals surface area contributed by atoms with Gasteiger partial charge in [-0.05, 0) is 13.8 Å². The Labute approximate surface area is 30.0 Å². The van der Waals surface area contributed by atoms with Crippen molar-refractivity contribution in [3.63, 3.8) is 0 Å². The second-order valence-electron chi connectivity index (χ2n) is 0.526. The fourth-order valence-corrected chi connectivity index (χ4v) is 0. The summed E-state index contributed by atoms with van der Waals surface area (Å²) >= 11 is 0. The summed E-state index contributed by atoms with van der Waals surface area (Å²) in [6.45, 7) is 1.02. The molecule has 0 fully saturated rings. The summed E-state index contributed by atoms with van der Waals surface area (Å²) in [5.74, 6) is 0. The molecule has 0 spiro atoms. The van der Waals surface area contributed by atoms with E-state index in [1.54, 1.807) is 13.0 Å². The van der Waals surface area contributed by atoms with Gasteiger partial charge < -0.3 is 0 Å². The summed E-state index contributed by atoms with van der Waals surface area (Å²) in [6, 6.07) is 0. The van der Waals surface area contributed by atoms with Crippen molar-refractivity contribution >= 4 is 0 Å². The highest BCUT2D eigenvalue weighted by molar-refractivity contribution is 4.68. The van der Waals surface area contributed by atoms with Crippen molar-refractivity contribution in [1.82, 2.24) is 0 Å². The Morgan fingerprint density at radius 3 is 2.50 bits per heavy atom. The molecule has 0 aliphatic carbocycles. The minimum absolute atomic E-state index is 0.782. The van der Waals surface area contributed by atoms with Gasteiger partial charge in [0.25, 0.3) is 0 Å². The molecule has 0 N–H and O–H groups in total. The van der Waals surface area contributed by atoms with Gasteiger partial charge in [0, 0.05) is 2.74 Å². The van der Waals surface area contributed by atoms with Crippen LogP contribution in [0.15, 0.2) is 12.2 Å². The van der Waals surface area contributed by atoms with Gasteiger partial charge in [-0.2, -0.15) is 0 Å². The van der Waals surface area contributed by atoms with E-state index in [-0.39, 0.29) is 0 Å². The maximum Gasteiger partial charge on any atom is 0.0273 e. The average Bonchev–Trinajstić information content (AvgIpc) is 1.35. The van der Waals surface area contributed by atoms with Gasteiger partial charge in [0.2, 0.25) is 0 Å². The molecule has 0 unspecified atom stereocenters. The normalized spacial score (nSPS) is 17.5. The molecule has 0 aromatic carbocycles. The zero-order valence-corrected chi connectivity index (χ0v) is 2.73. The van der Waals surface area contributed by atoms with Crippen molar-refractivity contribution in [2.45, 2.75) is 13.8 Å². The van der Waals surface area contributed by atoms with Gasteiger partial charge >= 0.3 is 0 Å². The number of hydrogen-bond acceptors (Lipinski definition) is 0. The van der Waals surface area contributed by atoms with Crippen molar-refractivity contribution in [1.29, 1.82) is 0 Å². The van der Waals surface area contributed by atoms with Crippen LogP contribution < -0.4 is 0 Å². The number of allylic oxidation sites excluding steroid dienone is 2. The fraction of sp³-hybridized carbons (Fsp3) is 0.500. The van der Waals surface area contributed by atoms with Crippen LogP contribution in [0.5, 0.6) is 0 Å². The van der Waals surface area contributed by atoms with E-state index in [0.717, 1.165) is 0 Å². The van der Waals surface area contributed by atoms with E-state index >= 15 is 0 Å². The molecule has 0 atom stereocenters. The first kappa shape index (κ1) is 1.25. The number of rotatable bonds is 0. The van der Waals surface area contributed by atoms with Gasteiger partial charge in [0.15, 0.2) is 0 Å². The molecule has 0 nitrogen and oxygen atoms in total. The van der Waals surface area contributed by atoms with Crippen LogP contribution in [0.1, 0.15) is 16.5 Å². The van der Waals surface area contributed by atoms with Crippen LogP contribution in [-0.4, -0.2) is 0 Å². The lowest BCUT2D eigenvalue weighted by Gasteiger charge is -1.49. The van der Waals surface area contributed by atoms with Gasteiger partial charge in [-0.3, -0.25) is 0 Å². The number of hydrogen-bond donors (Lipinski definition) is 0. The summed E-state index contributed by atoms with van der Waals surface area (Å²) in [5, 5.41) is 0. The molecule has 0 radical (unpaired) electrons. The Morgan fingerprint density at radius 1 is 1.75 bits per heavy atom. The molecule has 0 aromatic rings. The highest BCUT2D eigenvalue weighted by Gasteiger charge is 1.34. The van der Waals surface area contributed by atoms with Crippen LogP contribution in [0.2, 0.25) is 0 Å². The van der Waals surface area contributed by atoms with Gasteiger partial charge in [0.05, 0.1) is 0 Å². The fourth-order valence-electron chi connectivity index (χ4n) is 0. The summed E-state index contributed by atoms with van der Waals surface area (Å²) in [7, 11) is 0. The zero-order chi connectivity index (χ0) is 4.99. The Morgan fingerprint density at radius 2 is 2.50 bits per heavy atom. The molecule has 0 heteroatoms. The molecule has 0 rings (SSSR count). The lowest BCUT2D eigenvalue weighted by atomic mass is 10.6. The van der Waals surface area contributed by atoms with Crippen molar-refractivity contribution < 1.29 is 2.74 Å². The zero-order valence-electron chi connectivity index (χ0n) is 4.73. The Hall–Kier alpha value is -0.260. The maximum absolute atomic E-state index is 6.56. The minimum Gasteiger partial charge on any atom is -0.0919 e. The first-order valence-corrected chi connectivity index (χ1v) is 1.24. The van der Waals surface area contributed by atoms with E-state index in [1.807, 2.05) is 0 Å². The maximum atomic E-state index is 6.56. The van der Waals surface area contributed by atoms with Crippen molar-refractivity contribution in [3.8, 4) is 0 Å². The Balaban J connectivity index is 3.03. The van der Waals surface area contributed by atoms with E-state index in [2.05, 4.69) is 0 Å². The first-order valence-electron chi connectivity index (χ1n) is 2.40. The van der Waals surface area contributed by atoms with Crippen LogP contribution >= 0.6 is 0 Å². The van der Waals surface area contributed by atoms with Crippen molar-refractivity contribution in [2.75, 3.05) is 0 Å². The molecule has 0 aromatic heterocycles. The smallest absolute Gasteiger partial charge is 0.0273 e. The van der Waals surface area contributed by atoms with Crippen LogP contribution in [0.4, 0.5) is 0 Å². The van der Waals surface area contributed by atoms with E-state index in [1.165, 1.54) is 6.08 Å². The van der Waals surface area contributed by atoms with Crippen LogP contribution in [0, 0.1) is 0 Å². The van der Waals surface area contributed by atoms with E-state index in [9.17, 15) is 0 Å². The third-order valence-electron chi connectivity index (χ3n) is 0.192. The average molecular weight is 58.1 g/mol. The molecule has 0 bridgehead atoms. The van der Waals surface area contributed by atoms with Crippen LogP contribution in [0.3, 0.4) is 0 Å². The van der Waals surface area contributed by atoms with Gasteiger partial charge in [-0.25, -0.2) is 0 Å². The quantitative estimate of drug-likeness (QED) is 0.371. The van der Waals surface area contributed by atoms with E-state index < -0.39 is 6.88 Å². The predicted molar refractivity (Wildman–Crippen MR) is 20.5 cm³/mol. The first-order chi connectivity index (χ1) is 2.77. The highest BCUT2D eigenvalue weighted by atomic mass is 13.4. The summed E-state index contributed by atoms with van der Waals surface area (Å²) in [5.41, 5.74) is 0. The molecule has 24 valence electrons. The summed E-state index contributed by atoms with van der Waals surface area (Å²) in [6.07, 6.45) is 3.20. The van der Waals surface area contributed by atoms with Crippen molar-refractivity contribution in [2.24, 2.45) is 0 Å². The summed E-state index contributed by atoms with van der Waals surface area (Å²) < 4.78 is 13.1. The standard InChI is InChI=1S/C4H8/c1-3-4-2/h3-4H,1-2H3/i1D2. The Kier molecular flexibility index (Phi) is 0.856. The molecule has 0 saturated carbocycles. The van der Waals surface area contributed by atoms with Crippen LogP contribution in [-0.2, 0) is 0 Å². The van der Waals surface area contributed by atoms with Gasteiger partial charge in [-0.15, -0.1) is 0 Å². The van der Waals surface area contributed by atoms with E-state index in [4.69, 9.17) is 2.74 Å². The third kappa shape index (κ3) is 1.74. The topological polar surface area (TPSA) is 0 Å². The molecule has 4 heavy (non-hydrogen) atoms. The second-order valence-corrected chi connectivity index (χ2v) is 0.526. The molecule has 0 amide bonds. The molecule has 0 heterocycles. The molecular formula is C4H8. The van der Waals surface area contributed by atoms with Gasteiger partial charge in [0.1, 0.15) is 0 Å². The van der Waals surface area contributed by atoms with E-state index in [0.29, 0.717) is 0 Å².